The molecule has 2 aliphatic heterocycles. The lowest BCUT2D eigenvalue weighted by Crippen LogP contribution is -2.46. The van der Waals surface area contributed by atoms with Crippen LogP contribution in [0.1, 0.15) is 50.9 Å². The Kier molecular flexibility index (Phi) is 7.40. The van der Waals surface area contributed by atoms with Crippen LogP contribution in [0.5, 0.6) is 5.75 Å². The van der Waals surface area contributed by atoms with E-state index in [-0.39, 0.29) is 24.6 Å². The third-order valence-electron chi connectivity index (χ3n) is 7.19. The SMILES string of the molecule is O=C(NCc1c(F)cc(F)cc1F)c1cn2c(c(OCc3ccccc3)c1=O)C(=O)N1CCC[C@H](CF)[C@H]2C1. The van der Waals surface area contributed by atoms with Gasteiger partial charge in [0.1, 0.15) is 29.6 Å². The van der Waals surface area contributed by atoms with Gasteiger partial charge in [-0.3, -0.25) is 18.8 Å². The highest BCUT2D eigenvalue weighted by Crippen LogP contribution is 2.36. The number of rotatable bonds is 7. The molecule has 0 unspecified atom stereocenters. The summed E-state index contributed by atoms with van der Waals surface area (Å²) in [7, 11) is 0. The fraction of sp³-hybridized carbons (Fsp3) is 0.321. The van der Waals surface area contributed by atoms with Crippen molar-refractivity contribution in [2.75, 3.05) is 19.8 Å². The molecular weight excluding hydrogens is 518 g/mol. The quantitative estimate of drug-likeness (QED) is 0.454. The van der Waals surface area contributed by atoms with E-state index in [0.29, 0.717) is 37.1 Å². The minimum atomic E-state index is -1.20. The van der Waals surface area contributed by atoms with E-state index in [1.165, 1.54) is 10.8 Å². The maximum Gasteiger partial charge on any atom is 0.274 e. The Hall–Kier alpha value is -4.15. The molecule has 0 spiro atoms. The maximum atomic E-state index is 14.1. The van der Waals surface area contributed by atoms with Crippen LogP contribution in [0.2, 0.25) is 0 Å². The van der Waals surface area contributed by atoms with Crippen molar-refractivity contribution in [3.05, 3.63) is 98.7 Å². The van der Waals surface area contributed by atoms with Crippen molar-refractivity contribution >= 4 is 11.8 Å². The lowest BCUT2D eigenvalue weighted by Gasteiger charge is -2.37. The molecule has 1 N–H and O–H groups in total. The number of hydrogen-bond donors (Lipinski definition) is 1. The van der Waals surface area contributed by atoms with Gasteiger partial charge in [0.05, 0.1) is 12.7 Å². The summed E-state index contributed by atoms with van der Waals surface area (Å²) < 4.78 is 62.8. The molecule has 2 amide bonds. The van der Waals surface area contributed by atoms with Crippen LogP contribution in [0.25, 0.3) is 0 Å². The summed E-state index contributed by atoms with van der Waals surface area (Å²) >= 11 is 0. The molecule has 1 saturated heterocycles. The molecule has 0 aliphatic carbocycles. The van der Waals surface area contributed by atoms with Crippen molar-refractivity contribution in [1.82, 2.24) is 14.8 Å². The van der Waals surface area contributed by atoms with Crippen molar-refractivity contribution in [2.24, 2.45) is 5.92 Å². The first-order valence-electron chi connectivity index (χ1n) is 12.5. The minimum absolute atomic E-state index is 0.0697. The van der Waals surface area contributed by atoms with Gasteiger partial charge in [-0.25, -0.2) is 13.2 Å². The van der Waals surface area contributed by atoms with Gasteiger partial charge in [0.25, 0.3) is 11.8 Å². The Balaban J connectivity index is 1.56. The summed E-state index contributed by atoms with van der Waals surface area (Å²) in [6.07, 6.45) is 2.27. The van der Waals surface area contributed by atoms with E-state index in [9.17, 15) is 31.9 Å². The normalized spacial score (nSPS) is 18.4. The number of fused-ring (bicyclic) bond motifs is 4. The summed E-state index contributed by atoms with van der Waals surface area (Å²) in [5.74, 6) is -5.78. The molecule has 2 atom stereocenters. The number of nitrogens with one attached hydrogen (secondary N) is 1. The van der Waals surface area contributed by atoms with Crippen LogP contribution in [0, 0.1) is 23.4 Å². The molecule has 1 aromatic heterocycles. The Bertz CT molecular complexity index is 1450. The van der Waals surface area contributed by atoms with E-state index >= 15 is 0 Å². The maximum absolute atomic E-state index is 14.1. The lowest BCUT2D eigenvalue weighted by molar-refractivity contribution is 0.0647. The zero-order valence-electron chi connectivity index (χ0n) is 20.8. The van der Waals surface area contributed by atoms with E-state index < -0.39 is 71.0 Å². The number of carbonyl (C=O) groups is 2. The molecule has 2 bridgehead atoms. The largest absolute Gasteiger partial charge is 0.483 e. The third kappa shape index (κ3) is 5.13. The van der Waals surface area contributed by atoms with Gasteiger partial charge < -0.3 is 19.5 Å². The number of amides is 2. The molecule has 3 heterocycles. The van der Waals surface area contributed by atoms with Gasteiger partial charge in [-0.15, -0.1) is 0 Å². The Morgan fingerprint density at radius 2 is 1.79 bits per heavy atom. The van der Waals surface area contributed by atoms with Crippen molar-refractivity contribution in [2.45, 2.75) is 32.0 Å². The standard InChI is InChI=1S/C28H25F4N3O4/c29-11-17-7-4-8-34-14-23(17)35-13-20(27(37)33-12-19-21(31)9-18(30)10-22(19)32)25(36)26(24(35)28(34)38)39-15-16-5-2-1-3-6-16/h1-3,5-6,9-10,13,17,23H,4,7-8,11-12,14-15H2,(H,33,37)/t17-,23-/m1/s1. The number of hydrogen-bond acceptors (Lipinski definition) is 4. The van der Waals surface area contributed by atoms with Gasteiger partial charge in [0.15, 0.2) is 11.4 Å². The molecule has 2 aliphatic rings. The molecule has 1 fully saturated rings. The highest BCUT2D eigenvalue weighted by Gasteiger charge is 2.40. The zero-order chi connectivity index (χ0) is 27.7. The average Bonchev–Trinajstić information content (AvgIpc) is 3.11. The number of ether oxygens (including phenoxy) is 1. The molecule has 5 rings (SSSR count). The summed E-state index contributed by atoms with van der Waals surface area (Å²) in [4.78, 5) is 41.7. The number of pyridine rings is 1. The second-order valence-corrected chi connectivity index (χ2v) is 9.64. The van der Waals surface area contributed by atoms with Crippen LogP contribution in [-0.2, 0) is 13.2 Å². The predicted molar refractivity (Wildman–Crippen MR) is 133 cm³/mol. The van der Waals surface area contributed by atoms with Crippen LogP contribution >= 0.6 is 0 Å². The van der Waals surface area contributed by atoms with Crippen LogP contribution in [-0.4, -0.2) is 41.0 Å². The molecule has 204 valence electrons. The molecular formula is C28H25F4N3O4. The first kappa shape index (κ1) is 26.5. The first-order chi connectivity index (χ1) is 18.8. The number of alkyl halides is 1. The van der Waals surface area contributed by atoms with Crippen molar-refractivity contribution in [1.29, 1.82) is 0 Å². The Labute approximate surface area is 221 Å². The first-order valence-corrected chi connectivity index (χ1v) is 12.5. The van der Waals surface area contributed by atoms with Gasteiger partial charge in [-0.2, -0.15) is 0 Å². The van der Waals surface area contributed by atoms with Gasteiger partial charge in [0.2, 0.25) is 5.43 Å². The van der Waals surface area contributed by atoms with Crippen molar-refractivity contribution in [3.8, 4) is 5.75 Å². The van der Waals surface area contributed by atoms with Gasteiger partial charge in [0, 0.05) is 49.4 Å². The van der Waals surface area contributed by atoms with E-state index in [2.05, 4.69) is 5.32 Å². The summed E-state index contributed by atoms with van der Waals surface area (Å²) in [5.41, 5.74) is -1.28. The predicted octanol–water partition coefficient (Wildman–Crippen LogP) is 4.15. The van der Waals surface area contributed by atoms with Crippen LogP contribution in [0.3, 0.4) is 0 Å². The number of nitrogens with zero attached hydrogens (tertiary/aromatic N) is 2. The lowest BCUT2D eigenvalue weighted by atomic mass is 9.94. The zero-order valence-corrected chi connectivity index (χ0v) is 20.8. The van der Waals surface area contributed by atoms with Gasteiger partial charge in [-0.1, -0.05) is 30.3 Å². The molecule has 0 saturated carbocycles. The molecule has 0 radical (unpaired) electrons. The second kappa shape index (κ2) is 10.9. The van der Waals surface area contributed by atoms with Gasteiger partial charge >= 0.3 is 0 Å². The molecule has 2 aromatic carbocycles. The fourth-order valence-corrected chi connectivity index (χ4v) is 5.14. The average molecular weight is 544 g/mol. The van der Waals surface area contributed by atoms with Crippen LogP contribution < -0.4 is 15.5 Å². The summed E-state index contributed by atoms with van der Waals surface area (Å²) in [6, 6.07) is 9.28. The highest BCUT2D eigenvalue weighted by atomic mass is 19.1. The molecule has 7 nitrogen and oxygen atoms in total. The smallest absolute Gasteiger partial charge is 0.274 e. The summed E-state index contributed by atoms with van der Waals surface area (Å²) in [5, 5.41) is 2.29. The van der Waals surface area contributed by atoms with Crippen LogP contribution in [0.4, 0.5) is 17.6 Å². The van der Waals surface area contributed by atoms with Crippen LogP contribution in [0.15, 0.2) is 53.5 Å². The van der Waals surface area contributed by atoms with E-state index in [1.807, 2.05) is 0 Å². The Morgan fingerprint density at radius 1 is 1.08 bits per heavy atom. The number of benzene rings is 2. The van der Waals surface area contributed by atoms with E-state index in [0.717, 1.165) is 0 Å². The summed E-state index contributed by atoms with van der Waals surface area (Å²) in [6.45, 7) is -0.807. The fourth-order valence-electron chi connectivity index (χ4n) is 5.14. The van der Waals surface area contributed by atoms with Crippen molar-refractivity contribution in [3.63, 3.8) is 0 Å². The third-order valence-corrected chi connectivity index (χ3v) is 7.19. The topological polar surface area (TPSA) is 80.6 Å². The van der Waals surface area contributed by atoms with E-state index in [1.54, 1.807) is 35.2 Å². The number of aromatic nitrogens is 1. The Morgan fingerprint density at radius 3 is 2.49 bits per heavy atom. The second-order valence-electron chi connectivity index (χ2n) is 9.64. The minimum Gasteiger partial charge on any atom is -0.483 e. The number of halogens is 4. The number of carbonyl (C=O) groups excluding carboxylic acids is 2. The molecule has 39 heavy (non-hydrogen) atoms. The highest BCUT2D eigenvalue weighted by molar-refractivity contribution is 5.99. The van der Waals surface area contributed by atoms with Gasteiger partial charge in [-0.05, 0) is 18.4 Å². The monoisotopic (exact) mass is 543 g/mol. The molecule has 11 heteroatoms. The van der Waals surface area contributed by atoms with E-state index in [4.69, 9.17) is 4.74 Å². The van der Waals surface area contributed by atoms with Crippen molar-refractivity contribution < 1.29 is 31.9 Å². The molecule has 3 aromatic rings.